The van der Waals surface area contributed by atoms with Crippen LogP contribution in [0, 0.1) is 0 Å². The van der Waals surface area contributed by atoms with E-state index in [-0.39, 0.29) is 0 Å². The summed E-state index contributed by atoms with van der Waals surface area (Å²) in [7, 11) is 1.51. The van der Waals surface area contributed by atoms with Gasteiger partial charge in [0, 0.05) is 15.6 Å². The molecule has 20 heavy (non-hydrogen) atoms. The molecule has 2 aromatic carbocycles. The van der Waals surface area contributed by atoms with Gasteiger partial charge in [-0.25, -0.2) is 0 Å². The molecular formula is C15H12BrClO3. The van der Waals surface area contributed by atoms with Gasteiger partial charge in [0.15, 0.2) is 11.5 Å². The predicted octanol–water partition coefficient (Wildman–Crippen LogP) is 4.50. The molecule has 0 saturated heterocycles. The molecule has 2 aromatic rings. The molecule has 0 radical (unpaired) electrons. The number of aldehydes is 1. The highest BCUT2D eigenvalue weighted by molar-refractivity contribution is 9.10. The first-order valence-electron chi connectivity index (χ1n) is 5.84. The lowest BCUT2D eigenvalue weighted by molar-refractivity contribution is 0.112. The van der Waals surface area contributed by atoms with Crippen molar-refractivity contribution in [1.29, 1.82) is 0 Å². The second-order valence-electron chi connectivity index (χ2n) is 4.03. The molecule has 0 aliphatic heterocycles. The molecule has 5 heteroatoms. The Kier molecular flexibility index (Phi) is 5.04. The quantitative estimate of drug-likeness (QED) is 0.741. The molecule has 0 atom stereocenters. The molecule has 0 saturated carbocycles. The van der Waals surface area contributed by atoms with Crippen molar-refractivity contribution in [2.45, 2.75) is 6.61 Å². The van der Waals surface area contributed by atoms with Gasteiger partial charge in [0.1, 0.15) is 12.9 Å². The minimum absolute atomic E-state index is 0.345. The molecule has 3 nitrogen and oxygen atoms in total. The highest BCUT2D eigenvalue weighted by Crippen LogP contribution is 2.36. The zero-order chi connectivity index (χ0) is 14.5. The average molecular weight is 356 g/mol. The van der Waals surface area contributed by atoms with Crippen LogP contribution in [0.2, 0.25) is 5.02 Å². The summed E-state index contributed by atoms with van der Waals surface area (Å²) < 4.78 is 11.9. The number of carbonyl (C=O) groups is 1. The van der Waals surface area contributed by atoms with E-state index in [1.54, 1.807) is 12.1 Å². The smallest absolute Gasteiger partial charge is 0.180 e. The molecule has 2 rings (SSSR count). The second kappa shape index (κ2) is 6.77. The molecule has 0 fully saturated rings. The fourth-order valence-electron chi connectivity index (χ4n) is 1.71. The first kappa shape index (κ1) is 14.9. The number of halogens is 2. The molecule has 0 heterocycles. The van der Waals surface area contributed by atoms with E-state index < -0.39 is 0 Å². The summed E-state index contributed by atoms with van der Waals surface area (Å²) in [6, 6.07) is 10.9. The first-order chi connectivity index (χ1) is 9.65. The van der Waals surface area contributed by atoms with Gasteiger partial charge >= 0.3 is 0 Å². The van der Waals surface area contributed by atoms with Crippen LogP contribution < -0.4 is 9.47 Å². The van der Waals surface area contributed by atoms with Crippen LogP contribution in [0.3, 0.4) is 0 Å². The van der Waals surface area contributed by atoms with E-state index in [1.807, 2.05) is 24.3 Å². The van der Waals surface area contributed by atoms with E-state index in [0.29, 0.717) is 35.0 Å². The molecular weight excluding hydrogens is 344 g/mol. The van der Waals surface area contributed by atoms with E-state index in [2.05, 4.69) is 15.9 Å². The van der Waals surface area contributed by atoms with Crippen LogP contribution in [-0.2, 0) is 6.61 Å². The molecule has 104 valence electrons. The molecule has 0 aliphatic carbocycles. The zero-order valence-corrected chi connectivity index (χ0v) is 13.1. The van der Waals surface area contributed by atoms with Gasteiger partial charge in [-0.1, -0.05) is 45.7 Å². The van der Waals surface area contributed by atoms with E-state index in [9.17, 15) is 4.79 Å². The van der Waals surface area contributed by atoms with Gasteiger partial charge in [0.05, 0.1) is 12.1 Å². The van der Waals surface area contributed by atoms with E-state index in [0.717, 1.165) is 10.0 Å². The van der Waals surface area contributed by atoms with Gasteiger partial charge in [0.25, 0.3) is 0 Å². The molecule has 0 unspecified atom stereocenters. The van der Waals surface area contributed by atoms with Crippen LogP contribution in [0.5, 0.6) is 11.5 Å². The van der Waals surface area contributed by atoms with Crippen LogP contribution in [0.1, 0.15) is 15.9 Å². The highest BCUT2D eigenvalue weighted by atomic mass is 79.9. The summed E-state index contributed by atoms with van der Waals surface area (Å²) in [6.07, 6.45) is 0.714. The SMILES string of the molecule is COc1cc(C=O)cc(Cl)c1OCc1ccccc1Br. The first-order valence-corrected chi connectivity index (χ1v) is 7.01. The van der Waals surface area contributed by atoms with Gasteiger partial charge in [-0.3, -0.25) is 4.79 Å². The maximum atomic E-state index is 10.8. The zero-order valence-electron chi connectivity index (χ0n) is 10.7. The third-order valence-corrected chi connectivity index (χ3v) is 3.77. The molecule has 0 aromatic heterocycles. The third-order valence-electron chi connectivity index (χ3n) is 2.72. The van der Waals surface area contributed by atoms with Gasteiger partial charge < -0.3 is 9.47 Å². The number of carbonyl (C=O) groups excluding carboxylic acids is 1. The maximum absolute atomic E-state index is 10.8. The van der Waals surface area contributed by atoms with E-state index in [1.165, 1.54) is 7.11 Å². The topological polar surface area (TPSA) is 35.5 Å². The predicted molar refractivity (Wildman–Crippen MR) is 81.9 cm³/mol. The van der Waals surface area contributed by atoms with Crippen molar-refractivity contribution in [3.8, 4) is 11.5 Å². The number of rotatable bonds is 5. The fraction of sp³-hybridized carbons (Fsp3) is 0.133. The Morgan fingerprint density at radius 3 is 2.70 bits per heavy atom. The third kappa shape index (κ3) is 3.32. The largest absolute Gasteiger partial charge is 0.493 e. The number of methoxy groups -OCH3 is 1. The van der Waals surface area contributed by atoms with Gasteiger partial charge in [-0.2, -0.15) is 0 Å². The van der Waals surface area contributed by atoms with Crippen LogP contribution in [0.15, 0.2) is 40.9 Å². The monoisotopic (exact) mass is 354 g/mol. The summed E-state index contributed by atoms with van der Waals surface area (Å²) in [5.41, 5.74) is 1.44. The Bertz CT molecular complexity index is 629. The minimum Gasteiger partial charge on any atom is -0.493 e. The number of ether oxygens (including phenoxy) is 2. The normalized spacial score (nSPS) is 10.2. The molecule has 0 spiro atoms. The van der Waals surface area contributed by atoms with Gasteiger partial charge in [-0.05, 0) is 18.2 Å². The van der Waals surface area contributed by atoms with Crippen LogP contribution in [0.4, 0.5) is 0 Å². The Labute approximate surface area is 130 Å². The maximum Gasteiger partial charge on any atom is 0.180 e. The van der Waals surface area contributed by atoms with Gasteiger partial charge in [0.2, 0.25) is 0 Å². The van der Waals surface area contributed by atoms with Crippen LogP contribution >= 0.6 is 27.5 Å². The van der Waals surface area contributed by atoms with Crippen LogP contribution in [0.25, 0.3) is 0 Å². The molecule has 0 bridgehead atoms. The van der Waals surface area contributed by atoms with Crippen molar-refractivity contribution >= 4 is 33.8 Å². The van der Waals surface area contributed by atoms with Crippen molar-refractivity contribution < 1.29 is 14.3 Å². The summed E-state index contributed by atoms with van der Waals surface area (Å²) in [6.45, 7) is 0.345. The standard InChI is InChI=1S/C15H12BrClO3/c1-19-14-7-10(8-18)6-13(17)15(14)20-9-11-4-2-3-5-12(11)16/h2-8H,9H2,1H3. The van der Waals surface area contributed by atoms with E-state index >= 15 is 0 Å². The number of benzene rings is 2. The lowest BCUT2D eigenvalue weighted by Crippen LogP contribution is -2.00. The average Bonchev–Trinajstić information content (AvgIpc) is 2.46. The number of hydrogen-bond donors (Lipinski definition) is 0. The summed E-state index contributed by atoms with van der Waals surface area (Å²) in [5.74, 6) is 0.863. The summed E-state index contributed by atoms with van der Waals surface area (Å²) in [5, 5.41) is 0.346. The molecule has 0 amide bonds. The van der Waals surface area contributed by atoms with Crippen molar-refractivity contribution in [3.05, 3.63) is 57.0 Å². The lowest BCUT2D eigenvalue weighted by atomic mass is 10.2. The summed E-state index contributed by atoms with van der Waals surface area (Å²) in [4.78, 5) is 10.8. The van der Waals surface area contributed by atoms with Crippen molar-refractivity contribution in [1.82, 2.24) is 0 Å². The lowest BCUT2D eigenvalue weighted by Gasteiger charge is -2.13. The highest BCUT2D eigenvalue weighted by Gasteiger charge is 2.12. The van der Waals surface area contributed by atoms with Gasteiger partial charge in [-0.15, -0.1) is 0 Å². The van der Waals surface area contributed by atoms with E-state index in [4.69, 9.17) is 21.1 Å². The molecule has 0 aliphatic rings. The Morgan fingerprint density at radius 1 is 1.30 bits per heavy atom. The fourth-order valence-corrected chi connectivity index (χ4v) is 2.39. The number of hydrogen-bond acceptors (Lipinski definition) is 3. The van der Waals surface area contributed by atoms with Crippen molar-refractivity contribution in [2.24, 2.45) is 0 Å². The Morgan fingerprint density at radius 2 is 2.05 bits per heavy atom. The van der Waals surface area contributed by atoms with Crippen molar-refractivity contribution in [2.75, 3.05) is 7.11 Å². The Balaban J connectivity index is 2.25. The second-order valence-corrected chi connectivity index (χ2v) is 5.29. The van der Waals surface area contributed by atoms with Crippen molar-refractivity contribution in [3.63, 3.8) is 0 Å². The minimum atomic E-state index is 0.345. The van der Waals surface area contributed by atoms with Crippen LogP contribution in [-0.4, -0.2) is 13.4 Å². The Hall–Kier alpha value is -1.52. The molecule has 0 N–H and O–H groups in total. The summed E-state index contributed by atoms with van der Waals surface area (Å²) >= 11 is 9.58.